The summed E-state index contributed by atoms with van der Waals surface area (Å²) in [5, 5.41) is 22.7. The molecule has 1 aromatic heterocycles. The lowest BCUT2D eigenvalue weighted by Gasteiger charge is -2.10. The van der Waals surface area contributed by atoms with Gasteiger partial charge in [-0.25, -0.2) is 4.79 Å². The van der Waals surface area contributed by atoms with Crippen LogP contribution < -0.4 is 21.3 Å². The Morgan fingerprint density at radius 1 is 0.833 bits per heavy atom. The summed E-state index contributed by atoms with van der Waals surface area (Å²) in [6.45, 7) is 0.661. The molecule has 3 aromatic carbocycles. The Labute approximate surface area is 206 Å². The maximum atomic E-state index is 12.7. The van der Waals surface area contributed by atoms with Crippen molar-refractivity contribution in [3.8, 4) is 0 Å². The SMILES string of the molecule is O=C(NCc1ccco1)Nc1ccc(NC(=O)c2ccc(NCc3ccccc3)c([N+](=O)[O-])c2)cc1. The van der Waals surface area contributed by atoms with Gasteiger partial charge >= 0.3 is 6.03 Å². The third-order valence-corrected chi connectivity index (χ3v) is 5.19. The van der Waals surface area contributed by atoms with Crippen LogP contribution in [0.25, 0.3) is 0 Å². The predicted molar refractivity (Wildman–Crippen MR) is 136 cm³/mol. The lowest BCUT2D eigenvalue weighted by Crippen LogP contribution is -2.27. The number of carbonyl (C=O) groups excluding carboxylic acids is 2. The molecule has 0 atom stereocenters. The molecule has 0 unspecified atom stereocenters. The van der Waals surface area contributed by atoms with E-state index in [1.807, 2.05) is 30.3 Å². The first-order valence-electron chi connectivity index (χ1n) is 11.0. The van der Waals surface area contributed by atoms with Crippen LogP contribution in [-0.4, -0.2) is 16.9 Å². The molecule has 10 heteroatoms. The van der Waals surface area contributed by atoms with Crippen LogP contribution in [0.5, 0.6) is 0 Å². The molecular weight excluding hydrogens is 462 g/mol. The van der Waals surface area contributed by atoms with Gasteiger partial charge < -0.3 is 25.7 Å². The zero-order chi connectivity index (χ0) is 25.3. The molecule has 0 aliphatic heterocycles. The van der Waals surface area contributed by atoms with Crippen LogP contribution in [0.15, 0.2) is 95.6 Å². The van der Waals surface area contributed by atoms with E-state index in [1.54, 1.807) is 36.4 Å². The fourth-order valence-corrected chi connectivity index (χ4v) is 3.36. The Morgan fingerprint density at radius 2 is 1.56 bits per heavy atom. The van der Waals surface area contributed by atoms with Gasteiger partial charge in [-0.15, -0.1) is 0 Å². The van der Waals surface area contributed by atoms with E-state index in [0.29, 0.717) is 29.4 Å². The molecule has 182 valence electrons. The summed E-state index contributed by atoms with van der Waals surface area (Å²) < 4.78 is 5.16. The number of rotatable bonds is 9. The second-order valence-corrected chi connectivity index (χ2v) is 7.75. The fourth-order valence-electron chi connectivity index (χ4n) is 3.36. The van der Waals surface area contributed by atoms with Crippen LogP contribution in [-0.2, 0) is 13.1 Å². The Balaban J connectivity index is 1.35. The van der Waals surface area contributed by atoms with Gasteiger partial charge in [-0.3, -0.25) is 14.9 Å². The van der Waals surface area contributed by atoms with Crippen molar-refractivity contribution in [2.24, 2.45) is 0 Å². The number of urea groups is 1. The maximum absolute atomic E-state index is 12.7. The van der Waals surface area contributed by atoms with Crippen LogP contribution in [0, 0.1) is 10.1 Å². The average Bonchev–Trinajstić information content (AvgIpc) is 3.42. The second-order valence-electron chi connectivity index (χ2n) is 7.75. The molecule has 0 aliphatic carbocycles. The molecule has 0 saturated carbocycles. The number of benzene rings is 3. The standard InChI is InChI=1S/C26H23N5O5/c32-25(19-8-13-23(24(15-19)31(34)35)27-16-18-5-2-1-3-6-18)29-20-9-11-21(12-10-20)30-26(33)28-17-22-7-4-14-36-22/h1-15,27H,16-17H2,(H,29,32)(H2,28,30,33). The number of nitro benzene ring substituents is 1. The first kappa shape index (κ1) is 24.0. The molecule has 0 spiro atoms. The van der Waals surface area contributed by atoms with Crippen LogP contribution in [0.3, 0.4) is 0 Å². The van der Waals surface area contributed by atoms with E-state index < -0.39 is 16.9 Å². The monoisotopic (exact) mass is 485 g/mol. The van der Waals surface area contributed by atoms with E-state index in [9.17, 15) is 19.7 Å². The molecule has 1 heterocycles. The fraction of sp³-hybridized carbons (Fsp3) is 0.0769. The van der Waals surface area contributed by atoms with Crippen molar-refractivity contribution in [2.45, 2.75) is 13.1 Å². The van der Waals surface area contributed by atoms with E-state index in [2.05, 4.69) is 21.3 Å². The number of amides is 3. The van der Waals surface area contributed by atoms with Crippen molar-refractivity contribution < 1.29 is 18.9 Å². The Morgan fingerprint density at radius 3 is 2.22 bits per heavy atom. The molecule has 10 nitrogen and oxygen atoms in total. The van der Waals surface area contributed by atoms with Gasteiger partial charge in [0.1, 0.15) is 11.4 Å². The highest BCUT2D eigenvalue weighted by Crippen LogP contribution is 2.27. The van der Waals surface area contributed by atoms with Gasteiger partial charge in [-0.2, -0.15) is 0 Å². The van der Waals surface area contributed by atoms with Gasteiger partial charge in [0.2, 0.25) is 0 Å². The molecule has 3 amide bonds. The molecule has 0 aliphatic rings. The first-order valence-corrected chi connectivity index (χ1v) is 11.0. The van der Waals surface area contributed by atoms with Gasteiger partial charge in [0, 0.05) is 29.5 Å². The summed E-state index contributed by atoms with van der Waals surface area (Å²) in [6, 6.07) is 23.3. The number of carbonyl (C=O) groups is 2. The first-order chi connectivity index (χ1) is 17.5. The molecule has 36 heavy (non-hydrogen) atoms. The van der Waals surface area contributed by atoms with Crippen LogP contribution in [0.1, 0.15) is 21.7 Å². The van der Waals surface area contributed by atoms with Crippen molar-refractivity contribution in [3.05, 3.63) is 118 Å². The normalized spacial score (nSPS) is 10.3. The van der Waals surface area contributed by atoms with E-state index >= 15 is 0 Å². The molecule has 0 radical (unpaired) electrons. The predicted octanol–water partition coefficient (Wildman–Crippen LogP) is 5.37. The Kier molecular flexibility index (Phi) is 7.57. The molecule has 0 saturated heterocycles. The lowest BCUT2D eigenvalue weighted by molar-refractivity contribution is -0.384. The average molecular weight is 486 g/mol. The van der Waals surface area contributed by atoms with Crippen molar-refractivity contribution in [1.82, 2.24) is 5.32 Å². The van der Waals surface area contributed by atoms with Crippen molar-refractivity contribution >= 4 is 34.7 Å². The summed E-state index contributed by atoms with van der Waals surface area (Å²) in [4.78, 5) is 35.8. The number of hydrogen-bond donors (Lipinski definition) is 4. The van der Waals surface area contributed by atoms with Gasteiger partial charge in [0.15, 0.2) is 0 Å². The Hall–Kier alpha value is -5.12. The summed E-state index contributed by atoms with van der Waals surface area (Å²) in [5.41, 5.74) is 2.23. The third kappa shape index (κ3) is 6.48. The number of nitro groups is 1. The van der Waals surface area contributed by atoms with Crippen molar-refractivity contribution in [1.29, 1.82) is 0 Å². The third-order valence-electron chi connectivity index (χ3n) is 5.19. The molecular formula is C26H23N5O5. The van der Waals surface area contributed by atoms with Crippen LogP contribution in [0.4, 0.5) is 27.5 Å². The van der Waals surface area contributed by atoms with Crippen molar-refractivity contribution in [3.63, 3.8) is 0 Å². The van der Waals surface area contributed by atoms with Crippen LogP contribution >= 0.6 is 0 Å². The minimum Gasteiger partial charge on any atom is -0.467 e. The molecule has 0 bridgehead atoms. The number of anilines is 3. The summed E-state index contributed by atoms with van der Waals surface area (Å²) in [6.07, 6.45) is 1.53. The quantitative estimate of drug-likeness (QED) is 0.186. The van der Waals surface area contributed by atoms with E-state index in [-0.39, 0.29) is 17.8 Å². The highest BCUT2D eigenvalue weighted by atomic mass is 16.6. The Bertz CT molecular complexity index is 1340. The molecule has 4 rings (SSSR count). The highest BCUT2D eigenvalue weighted by Gasteiger charge is 2.18. The second kappa shape index (κ2) is 11.3. The van der Waals surface area contributed by atoms with E-state index in [1.165, 1.54) is 24.5 Å². The van der Waals surface area contributed by atoms with E-state index in [0.717, 1.165) is 5.56 Å². The van der Waals surface area contributed by atoms with Crippen molar-refractivity contribution in [2.75, 3.05) is 16.0 Å². The lowest BCUT2D eigenvalue weighted by atomic mass is 10.1. The zero-order valence-electron chi connectivity index (χ0n) is 19.1. The smallest absolute Gasteiger partial charge is 0.319 e. The molecule has 4 N–H and O–H groups in total. The summed E-state index contributed by atoms with van der Waals surface area (Å²) in [5.74, 6) is 0.132. The number of hydrogen-bond acceptors (Lipinski definition) is 6. The number of furan rings is 1. The molecule has 4 aromatic rings. The topological polar surface area (TPSA) is 139 Å². The van der Waals surface area contributed by atoms with Gasteiger partial charge in [0.25, 0.3) is 11.6 Å². The maximum Gasteiger partial charge on any atom is 0.319 e. The summed E-state index contributed by atoms with van der Waals surface area (Å²) >= 11 is 0. The molecule has 0 fully saturated rings. The minimum atomic E-state index is -0.526. The largest absolute Gasteiger partial charge is 0.467 e. The van der Waals surface area contributed by atoms with Gasteiger partial charge in [0.05, 0.1) is 17.7 Å². The highest BCUT2D eigenvalue weighted by molar-refractivity contribution is 6.05. The summed E-state index contributed by atoms with van der Waals surface area (Å²) in [7, 11) is 0. The minimum absolute atomic E-state index is 0.145. The van der Waals surface area contributed by atoms with Gasteiger partial charge in [-0.1, -0.05) is 30.3 Å². The zero-order valence-corrected chi connectivity index (χ0v) is 19.1. The number of nitrogens with one attached hydrogen (secondary N) is 4. The van der Waals surface area contributed by atoms with Gasteiger partial charge in [-0.05, 0) is 54.1 Å². The number of nitrogens with zero attached hydrogens (tertiary/aromatic N) is 1. The van der Waals surface area contributed by atoms with E-state index in [4.69, 9.17) is 4.42 Å². The van der Waals surface area contributed by atoms with Crippen LogP contribution in [0.2, 0.25) is 0 Å².